The maximum absolute atomic E-state index is 5.64. The van der Waals surface area contributed by atoms with Crippen LogP contribution in [0.3, 0.4) is 0 Å². The first kappa shape index (κ1) is 14.0. The van der Waals surface area contributed by atoms with E-state index in [0.29, 0.717) is 11.3 Å². The van der Waals surface area contributed by atoms with E-state index in [-0.39, 0.29) is 0 Å². The van der Waals surface area contributed by atoms with Crippen LogP contribution in [0.5, 0.6) is 0 Å². The lowest BCUT2D eigenvalue weighted by atomic mass is 9.85. The molecule has 0 amide bonds. The third-order valence-corrected chi connectivity index (χ3v) is 4.01. The standard InChI is InChI=1S/C14H30N2/c1-13(12-15)6-4-9-16-10-5-7-14(2,3)8-11-16/h13H,4-12,15H2,1-3H3. The van der Waals surface area contributed by atoms with Gasteiger partial charge in [0.1, 0.15) is 0 Å². The monoisotopic (exact) mass is 226 g/mol. The lowest BCUT2D eigenvalue weighted by Gasteiger charge is -2.23. The van der Waals surface area contributed by atoms with Crippen molar-refractivity contribution in [1.29, 1.82) is 0 Å². The van der Waals surface area contributed by atoms with E-state index < -0.39 is 0 Å². The van der Waals surface area contributed by atoms with E-state index in [9.17, 15) is 0 Å². The number of hydrogen-bond donors (Lipinski definition) is 1. The van der Waals surface area contributed by atoms with Gasteiger partial charge < -0.3 is 10.6 Å². The molecule has 1 aliphatic heterocycles. The van der Waals surface area contributed by atoms with Crippen molar-refractivity contribution >= 4 is 0 Å². The summed E-state index contributed by atoms with van der Waals surface area (Å²) in [6.45, 7) is 11.8. The Morgan fingerprint density at radius 3 is 2.69 bits per heavy atom. The van der Waals surface area contributed by atoms with Crippen molar-refractivity contribution in [2.24, 2.45) is 17.1 Å². The third kappa shape index (κ3) is 5.31. The van der Waals surface area contributed by atoms with Gasteiger partial charge in [-0.2, -0.15) is 0 Å². The fraction of sp³-hybridized carbons (Fsp3) is 1.00. The van der Waals surface area contributed by atoms with Gasteiger partial charge in [0, 0.05) is 0 Å². The average Bonchev–Trinajstić information content (AvgIpc) is 2.40. The summed E-state index contributed by atoms with van der Waals surface area (Å²) in [6, 6.07) is 0. The van der Waals surface area contributed by atoms with Gasteiger partial charge in [0.2, 0.25) is 0 Å². The Morgan fingerprint density at radius 2 is 2.00 bits per heavy atom. The second kappa shape index (κ2) is 6.61. The molecule has 1 atom stereocenters. The first-order chi connectivity index (χ1) is 7.53. The molecule has 0 saturated carbocycles. The molecule has 0 spiro atoms. The van der Waals surface area contributed by atoms with E-state index in [1.807, 2.05) is 0 Å². The predicted octanol–water partition coefficient (Wildman–Crippen LogP) is 2.87. The van der Waals surface area contributed by atoms with Crippen LogP contribution < -0.4 is 5.73 Å². The summed E-state index contributed by atoms with van der Waals surface area (Å²) < 4.78 is 0. The molecule has 96 valence electrons. The Balaban J connectivity index is 2.18. The number of nitrogens with zero attached hydrogens (tertiary/aromatic N) is 1. The predicted molar refractivity (Wildman–Crippen MR) is 71.5 cm³/mol. The maximum atomic E-state index is 5.64. The number of likely N-dealkylation sites (tertiary alicyclic amines) is 1. The topological polar surface area (TPSA) is 29.3 Å². The Morgan fingerprint density at radius 1 is 1.25 bits per heavy atom. The molecule has 2 N–H and O–H groups in total. The minimum Gasteiger partial charge on any atom is -0.330 e. The lowest BCUT2D eigenvalue weighted by Crippen LogP contribution is -2.27. The molecule has 1 rings (SSSR count). The van der Waals surface area contributed by atoms with Gasteiger partial charge in [0.15, 0.2) is 0 Å². The second-order valence-corrected chi connectivity index (χ2v) is 6.34. The Bertz CT molecular complexity index is 189. The molecule has 2 nitrogen and oxygen atoms in total. The van der Waals surface area contributed by atoms with Crippen molar-refractivity contribution in [3.05, 3.63) is 0 Å². The van der Waals surface area contributed by atoms with Crippen LogP contribution in [0.4, 0.5) is 0 Å². The lowest BCUT2D eigenvalue weighted by molar-refractivity contribution is 0.254. The molecular weight excluding hydrogens is 196 g/mol. The van der Waals surface area contributed by atoms with Gasteiger partial charge in [-0.05, 0) is 69.6 Å². The van der Waals surface area contributed by atoms with Gasteiger partial charge in [0.25, 0.3) is 0 Å². The van der Waals surface area contributed by atoms with Gasteiger partial charge in [-0.1, -0.05) is 20.8 Å². The molecule has 2 heteroatoms. The number of nitrogens with two attached hydrogens (primary N) is 1. The van der Waals surface area contributed by atoms with Crippen LogP contribution in [0.15, 0.2) is 0 Å². The molecule has 1 saturated heterocycles. The van der Waals surface area contributed by atoms with Gasteiger partial charge in [-0.25, -0.2) is 0 Å². The first-order valence-corrected chi connectivity index (χ1v) is 6.96. The van der Waals surface area contributed by atoms with E-state index in [2.05, 4.69) is 25.7 Å². The zero-order valence-electron chi connectivity index (χ0n) is 11.5. The molecule has 1 aliphatic rings. The average molecular weight is 226 g/mol. The van der Waals surface area contributed by atoms with Crippen LogP contribution in [0.2, 0.25) is 0 Å². The summed E-state index contributed by atoms with van der Waals surface area (Å²) in [5.74, 6) is 0.698. The normalized spacial score (nSPS) is 24.0. The van der Waals surface area contributed by atoms with E-state index in [0.717, 1.165) is 6.54 Å². The van der Waals surface area contributed by atoms with Crippen LogP contribution in [0.1, 0.15) is 52.9 Å². The Labute approximate surface area is 102 Å². The summed E-state index contributed by atoms with van der Waals surface area (Å²) in [5, 5.41) is 0. The molecule has 16 heavy (non-hydrogen) atoms. The van der Waals surface area contributed by atoms with Crippen LogP contribution in [0.25, 0.3) is 0 Å². The SMILES string of the molecule is CC(CN)CCCN1CCCC(C)(C)CC1. The van der Waals surface area contributed by atoms with Crippen LogP contribution in [-0.4, -0.2) is 31.1 Å². The summed E-state index contributed by atoms with van der Waals surface area (Å²) in [6.07, 6.45) is 6.73. The molecule has 0 aliphatic carbocycles. The zero-order chi connectivity index (χ0) is 12.0. The highest BCUT2D eigenvalue weighted by molar-refractivity contribution is 4.76. The molecular formula is C14H30N2. The largest absolute Gasteiger partial charge is 0.330 e. The maximum Gasteiger partial charge on any atom is -0.00136 e. The minimum absolute atomic E-state index is 0.569. The van der Waals surface area contributed by atoms with E-state index in [1.165, 1.54) is 51.7 Å². The van der Waals surface area contributed by atoms with Crippen LogP contribution in [-0.2, 0) is 0 Å². The molecule has 1 unspecified atom stereocenters. The number of hydrogen-bond acceptors (Lipinski definition) is 2. The highest BCUT2D eigenvalue weighted by Gasteiger charge is 2.22. The van der Waals surface area contributed by atoms with Gasteiger partial charge in [-0.15, -0.1) is 0 Å². The molecule has 1 fully saturated rings. The molecule has 0 bridgehead atoms. The zero-order valence-corrected chi connectivity index (χ0v) is 11.5. The smallest absolute Gasteiger partial charge is 0.00136 e. The summed E-state index contributed by atoms with van der Waals surface area (Å²) in [4.78, 5) is 2.65. The minimum atomic E-state index is 0.569. The summed E-state index contributed by atoms with van der Waals surface area (Å²) in [5.41, 5.74) is 6.21. The Kier molecular flexibility index (Phi) is 5.77. The molecule has 0 aromatic heterocycles. The van der Waals surface area contributed by atoms with E-state index in [4.69, 9.17) is 5.73 Å². The molecule has 0 aromatic carbocycles. The van der Waals surface area contributed by atoms with Crippen molar-refractivity contribution in [1.82, 2.24) is 4.90 Å². The summed E-state index contributed by atoms with van der Waals surface area (Å²) in [7, 11) is 0. The second-order valence-electron chi connectivity index (χ2n) is 6.34. The quantitative estimate of drug-likeness (QED) is 0.781. The fourth-order valence-corrected chi connectivity index (χ4v) is 2.48. The Hall–Kier alpha value is -0.0800. The van der Waals surface area contributed by atoms with Crippen LogP contribution in [0, 0.1) is 11.3 Å². The summed E-state index contributed by atoms with van der Waals surface area (Å²) >= 11 is 0. The third-order valence-electron chi connectivity index (χ3n) is 4.01. The van der Waals surface area contributed by atoms with Crippen LogP contribution >= 0.6 is 0 Å². The van der Waals surface area contributed by atoms with Crippen molar-refractivity contribution < 1.29 is 0 Å². The fourth-order valence-electron chi connectivity index (χ4n) is 2.48. The van der Waals surface area contributed by atoms with Crippen molar-refractivity contribution in [2.45, 2.75) is 52.9 Å². The number of rotatable bonds is 5. The van der Waals surface area contributed by atoms with Crippen molar-refractivity contribution in [3.63, 3.8) is 0 Å². The highest BCUT2D eigenvalue weighted by Crippen LogP contribution is 2.29. The van der Waals surface area contributed by atoms with Gasteiger partial charge in [0.05, 0.1) is 0 Å². The molecule has 0 radical (unpaired) electrons. The first-order valence-electron chi connectivity index (χ1n) is 6.96. The van der Waals surface area contributed by atoms with Gasteiger partial charge in [-0.3, -0.25) is 0 Å². The van der Waals surface area contributed by atoms with Crippen molar-refractivity contribution in [3.8, 4) is 0 Å². The van der Waals surface area contributed by atoms with E-state index >= 15 is 0 Å². The molecule has 0 aromatic rings. The highest BCUT2D eigenvalue weighted by atomic mass is 15.1. The van der Waals surface area contributed by atoms with E-state index in [1.54, 1.807) is 0 Å². The molecule has 1 heterocycles. The van der Waals surface area contributed by atoms with Crippen molar-refractivity contribution in [2.75, 3.05) is 26.2 Å². The van der Waals surface area contributed by atoms with Gasteiger partial charge >= 0.3 is 0 Å².